The molecule has 0 amide bonds. The number of H-pyrrole nitrogens is 1. The Bertz CT molecular complexity index is 983. The lowest BCUT2D eigenvalue weighted by Crippen LogP contribution is -2.24. The van der Waals surface area contributed by atoms with Crippen molar-refractivity contribution in [2.75, 3.05) is 0 Å². The number of fused-ring (bicyclic) bond motifs is 1. The van der Waals surface area contributed by atoms with Gasteiger partial charge in [-0.3, -0.25) is 0 Å². The Labute approximate surface area is 142 Å². The molecule has 0 aliphatic carbocycles. The van der Waals surface area contributed by atoms with Crippen molar-refractivity contribution in [3.63, 3.8) is 0 Å². The monoisotopic (exact) mass is 346 g/mol. The standard InChI is InChI=1S/C17H22N4O2S/c1-11(2)17-18-9-13(20-17)10-19-24(22,23)16-12(3)21(4)15-8-6-5-7-14(15)16/h5-9,11,19H,10H2,1-4H3,(H,18,20). The van der Waals surface area contributed by atoms with Crippen LogP contribution in [0.3, 0.4) is 0 Å². The van der Waals surface area contributed by atoms with Gasteiger partial charge in [0, 0.05) is 41.5 Å². The Morgan fingerprint density at radius 2 is 2.00 bits per heavy atom. The fourth-order valence-electron chi connectivity index (χ4n) is 2.83. The van der Waals surface area contributed by atoms with Gasteiger partial charge in [0.15, 0.2) is 0 Å². The summed E-state index contributed by atoms with van der Waals surface area (Å²) >= 11 is 0. The number of nitrogens with one attached hydrogen (secondary N) is 2. The molecule has 3 aromatic rings. The molecule has 0 aliphatic rings. The highest BCUT2D eigenvalue weighted by Gasteiger charge is 2.24. The smallest absolute Gasteiger partial charge is 0.243 e. The minimum Gasteiger partial charge on any atom is -0.347 e. The summed E-state index contributed by atoms with van der Waals surface area (Å²) in [7, 11) is -1.75. The minimum atomic E-state index is -3.62. The third kappa shape index (κ3) is 2.85. The zero-order valence-corrected chi connectivity index (χ0v) is 15.1. The van der Waals surface area contributed by atoms with Crippen LogP contribution in [0.4, 0.5) is 0 Å². The summed E-state index contributed by atoms with van der Waals surface area (Å²) < 4.78 is 30.2. The second-order valence-electron chi connectivity index (χ2n) is 6.26. The lowest BCUT2D eigenvalue weighted by Gasteiger charge is -2.07. The summed E-state index contributed by atoms with van der Waals surface area (Å²) in [5.41, 5.74) is 2.37. The third-order valence-electron chi connectivity index (χ3n) is 4.26. The van der Waals surface area contributed by atoms with E-state index in [2.05, 4.69) is 14.7 Å². The fourth-order valence-corrected chi connectivity index (χ4v) is 4.31. The van der Waals surface area contributed by atoms with E-state index in [4.69, 9.17) is 0 Å². The van der Waals surface area contributed by atoms with E-state index < -0.39 is 10.0 Å². The van der Waals surface area contributed by atoms with Gasteiger partial charge in [0.05, 0.1) is 6.54 Å². The van der Waals surface area contributed by atoms with Crippen LogP contribution in [0.5, 0.6) is 0 Å². The maximum absolute atomic E-state index is 12.8. The molecule has 0 saturated heterocycles. The summed E-state index contributed by atoms with van der Waals surface area (Å²) in [6.07, 6.45) is 1.67. The minimum absolute atomic E-state index is 0.185. The first-order valence-corrected chi connectivity index (χ1v) is 9.37. The van der Waals surface area contributed by atoms with E-state index in [1.807, 2.05) is 56.7 Å². The summed E-state index contributed by atoms with van der Waals surface area (Å²) in [6, 6.07) is 7.52. The van der Waals surface area contributed by atoms with E-state index in [1.165, 1.54) is 0 Å². The van der Waals surface area contributed by atoms with Crippen molar-refractivity contribution in [3.05, 3.63) is 47.7 Å². The normalized spacial score (nSPS) is 12.4. The first-order chi connectivity index (χ1) is 11.3. The number of aromatic nitrogens is 3. The molecular weight excluding hydrogens is 324 g/mol. The number of imidazole rings is 1. The highest BCUT2D eigenvalue weighted by Crippen LogP contribution is 2.28. The zero-order chi connectivity index (χ0) is 17.5. The molecule has 6 nitrogen and oxygen atoms in total. The van der Waals surface area contributed by atoms with E-state index in [0.29, 0.717) is 4.90 Å². The van der Waals surface area contributed by atoms with Gasteiger partial charge >= 0.3 is 0 Å². The molecule has 0 radical (unpaired) electrons. The van der Waals surface area contributed by atoms with E-state index in [9.17, 15) is 8.42 Å². The summed E-state index contributed by atoms with van der Waals surface area (Å²) in [4.78, 5) is 7.75. The Morgan fingerprint density at radius 3 is 2.67 bits per heavy atom. The molecule has 0 saturated carbocycles. The van der Waals surface area contributed by atoms with Gasteiger partial charge in [-0.15, -0.1) is 0 Å². The Kier molecular flexibility index (Phi) is 4.23. The number of aromatic amines is 1. The van der Waals surface area contributed by atoms with E-state index in [-0.39, 0.29) is 12.5 Å². The molecule has 1 aromatic carbocycles. The van der Waals surface area contributed by atoms with E-state index in [1.54, 1.807) is 6.20 Å². The van der Waals surface area contributed by atoms with Crippen LogP contribution in [0, 0.1) is 6.92 Å². The Hall–Kier alpha value is -2.12. The Morgan fingerprint density at radius 1 is 1.29 bits per heavy atom. The molecule has 0 bridgehead atoms. The van der Waals surface area contributed by atoms with Gasteiger partial charge in [0.2, 0.25) is 10.0 Å². The van der Waals surface area contributed by atoms with Crippen molar-refractivity contribution in [3.8, 4) is 0 Å². The molecule has 7 heteroatoms. The predicted octanol–water partition coefficient (Wildman–Crippen LogP) is 2.81. The predicted molar refractivity (Wildman–Crippen MR) is 94.4 cm³/mol. The van der Waals surface area contributed by atoms with Crippen LogP contribution >= 0.6 is 0 Å². The van der Waals surface area contributed by atoms with Gasteiger partial charge in [-0.05, 0) is 13.0 Å². The fraction of sp³-hybridized carbons (Fsp3) is 0.353. The summed E-state index contributed by atoms with van der Waals surface area (Å²) in [5.74, 6) is 1.13. The van der Waals surface area contributed by atoms with Crippen molar-refractivity contribution < 1.29 is 8.42 Å². The van der Waals surface area contributed by atoms with Crippen molar-refractivity contribution in [2.45, 2.75) is 38.1 Å². The van der Waals surface area contributed by atoms with Gasteiger partial charge < -0.3 is 9.55 Å². The highest BCUT2D eigenvalue weighted by molar-refractivity contribution is 7.89. The molecule has 2 N–H and O–H groups in total. The lowest BCUT2D eigenvalue weighted by atomic mass is 10.2. The average Bonchev–Trinajstić information content (AvgIpc) is 3.11. The van der Waals surface area contributed by atoms with Crippen LogP contribution in [-0.2, 0) is 23.6 Å². The van der Waals surface area contributed by atoms with Crippen LogP contribution in [0.25, 0.3) is 10.9 Å². The lowest BCUT2D eigenvalue weighted by molar-refractivity contribution is 0.580. The topological polar surface area (TPSA) is 79.8 Å². The van der Waals surface area contributed by atoms with Gasteiger partial charge in [-0.1, -0.05) is 32.0 Å². The van der Waals surface area contributed by atoms with Crippen molar-refractivity contribution in [1.82, 2.24) is 19.3 Å². The van der Waals surface area contributed by atoms with E-state index in [0.717, 1.165) is 28.1 Å². The molecule has 3 rings (SSSR count). The molecule has 128 valence electrons. The van der Waals surface area contributed by atoms with Gasteiger partial charge in [0.25, 0.3) is 0 Å². The number of benzene rings is 1. The number of sulfonamides is 1. The molecular formula is C17H22N4O2S. The SMILES string of the molecule is Cc1c(S(=O)(=O)NCc2cnc(C(C)C)[nH]2)c2ccccc2n1C. The van der Waals surface area contributed by atoms with Gasteiger partial charge in [0.1, 0.15) is 10.7 Å². The second-order valence-corrected chi connectivity index (χ2v) is 7.97. The van der Waals surface area contributed by atoms with E-state index >= 15 is 0 Å². The maximum atomic E-state index is 12.8. The quantitative estimate of drug-likeness (QED) is 0.745. The zero-order valence-electron chi connectivity index (χ0n) is 14.3. The van der Waals surface area contributed by atoms with Crippen LogP contribution in [-0.4, -0.2) is 23.0 Å². The number of rotatable bonds is 5. The van der Waals surface area contributed by atoms with Crippen molar-refractivity contribution in [2.24, 2.45) is 7.05 Å². The first-order valence-electron chi connectivity index (χ1n) is 7.88. The second kappa shape index (κ2) is 6.07. The average molecular weight is 346 g/mol. The third-order valence-corrected chi connectivity index (χ3v) is 5.84. The van der Waals surface area contributed by atoms with Crippen LogP contribution in [0.15, 0.2) is 35.4 Å². The summed E-state index contributed by atoms with van der Waals surface area (Å²) in [5, 5.41) is 0.734. The van der Waals surface area contributed by atoms with Crippen LogP contribution in [0.1, 0.15) is 37.0 Å². The van der Waals surface area contributed by atoms with Gasteiger partial charge in [-0.2, -0.15) is 0 Å². The van der Waals surface area contributed by atoms with Gasteiger partial charge in [-0.25, -0.2) is 18.1 Å². The number of nitrogens with zero attached hydrogens (tertiary/aromatic N) is 2. The first kappa shape index (κ1) is 16.7. The van der Waals surface area contributed by atoms with Crippen molar-refractivity contribution in [1.29, 1.82) is 0 Å². The molecule has 24 heavy (non-hydrogen) atoms. The molecule has 0 aliphatic heterocycles. The van der Waals surface area contributed by atoms with Crippen molar-refractivity contribution >= 4 is 20.9 Å². The maximum Gasteiger partial charge on any atom is 0.243 e. The highest BCUT2D eigenvalue weighted by atomic mass is 32.2. The molecule has 0 atom stereocenters. The Balaban J connectivity index is 1.92. The number of hydrogen-bond acceptors (Lipinski definition) is 3. The number of hydrogen-bond donors (Lipinski definition) is 2. The molecule has 0 fully saturated rings. The molecule has 2 heterocycles. The molecule has 0 spiro atoms. The summed E-state index contributed by atoms with van der Waals surface area (Å²) in [6.45, 7) is 6.07. The van der Waals surface area contributed by atoms with Crippen LogP contribution < -0.4 is 4.72 Å². The molecule has 0 unspecified atom stereocenters. The number of para-hydroxylation sites is 1. The largest absolute Gasteiger partial charge is 0.347 e. The van der Waals surface area contributed by atoms with Crippen LogP contribution in [0.2, 0.25) is 0 Å². The molecule has 2 aromatic heterocycles. The number of aryl methyl sites for hydroxylation is 1.